The van der Waals surface area contributed by atoms with Gasteiger partial charge in [-0.2, -0.15) is 0 Å². The third-order valence-electron chi connectivity index (χ3n) is 3.49. The second kappa shape index (κ2) is 5.52. The van der Waals surface area contributed by atoms with Gasteiger partial charge in [-0.1, -0.05) is 0 Å². The van der Waals surface area contributed by atoms with Crippen molar-refractivity contribution < 1.29 is 0 Å². The van der Waals surface area contributed by atoms with E-state index in [-0.39, 0.29) is 0 Å². The zero-order chi connectivity index (χ0) is 13.9. The number of nitrogens with one attached hydrogen (secondary N) is 3. The quantitative estimate of drug-likeness (QED) is 0.774. The van der Waals surface area contributed by atoms with Crippen LogP contribution in [0.15, 0.2) is 24.5 Å². The molecule has 3 rings (SSSR count). The standard InChI is InChI=1S/C14H18N6/c1-9-10(2)18-14(11-3-5-15-6-4-11)20-13(9)19-12-7-16-17-8-12/h3-6,12,16-17H,7-8H2,1-2H3,(H,18,19,20). The van der Waals surface area contributed by atoms with Crippen LogP contribution < -0.4 is 16.2 Å². The molecule has 6 heteroatoms. The Morgan fingerprint density at radius 1 is 1.10 bits per heavy atom. The fraction of sp³-hybridized carbons (Fsp3) is 0.357. The zero-order valence-corrected chi connectivity index (χ0v) is 11.6. The molecule has 6 nitrogen and oxygen atoms in total. The summed E-state index contributed by atoms with van der Waals surface area (Å²) in [4.78, 5) is 13.3. The van der Waals surface area contributed by atoms with Crippen LogP contribution in [0.2, 0.25) is 0 Å². The molecule has 1 saturated heterocycles. The number of hydrazine groups is 1. The largest absolute Gasteiger partial charge is 0.364 e. The van der Waals surface area contributed by atoms with Crippen LogP contribution in [0.4, 0.5) is 5.82 Å². The molecule has 1 aliphatic rings. The van der Waals surface area contributed by atoms with Gasteiger partial charge in [0, 0.05) is 42.3 Å². The van der Waals surface area contributed by atoms with Crippen LogP contribution >= 0.6 is 0 Å². The maximum Gasteiger partial charge on any atom is 0.161 e. The van der Waals surface area contributed by atoms with Gasteiger partial charge in [-0.25, -0.2) is 9.97 Å². The first-order valence-electron chi connectivity index (χ1n) is 6.72. The number of hydrogen-bond donors (Lipinski definition) is 3. The Morgan fingerprint density at radius 2 is 1.80 bits per heavy atom. The fourth-order valence-corrected chi connectivity index (χ4v) is 2.16. The van der Waals surface area contributed by atoms with E-state index in [0.29, 0.717) is 6.04 Å². The lowest BCUT2D eigenvalue weighted by molar-refractivity contribution is 0.689. The van der Waals surface area contributed by atoms with Crippen LogP contribution in [0.3, 0.4) is 0 Å². The maximum atomic E-state index is 4.66. The third-order valence-corrected chi connectivity index (χ3v) is 3.49. The van der Waals surface area contributed by atoms with Crippen molar-refractivity contribution in [2.75, 3.05) is 18.4 Å². The Hall–Kier alpha value is -2.05. The molecule has 0 aromatic carbocycles. The fourth-order valence-electron chi connectivity index (χ4n) is 2.16. The third kappa shape index (κ3) is 2.61. The van der Waals surface area contributed by atoms with E-state index >= 15 is 0 Å². The molecule has 20 heavy (non-hydrogen) atoms. The van der Waals surface area contributed by atoms with Gasteiger partial charge >= 0.3 is 0 Å². The molecule has 1 aliphatic heterocycles. The Morgan fingerprint density at radius 3 is 2.50 bits per heavy atom. The average molecular weight is 270 g/mol. The van der Waals surface area contributed by atoms with Crippen LogP contribution in [-0.2, 0) is 0 Å². The minimum Gasteiger partial charge on any atom is -0.364 e. The lowest BCUT2D eigenvalue weighted by Gasteiger charge is -2.15. The molecule has 3 N–H and O–H groups in total. The lowest BCUT2D eigenvalue weighted by atomic mass is 10.2. The SMILES string of the molecule is Cc1nc(-c2ccncc2)nc(NC2CNNC2)c1C. The van der Waals surface area contributed by atoms with E-state index in [1.54, 1.807) is 12.4 Å². The molecule has 0 amide bonds. The van der Waals surface area contributed by atoms with Gasteiger partial charge in [0.15, 0.2) is 5.82 Å². The Kier molecular flexibility index (Phi) is 3.58. The Labute approximate surface area is 118 Å². The summed E-state index contributed by atoms with van der Waals surface area (Å²) in [6.07, 6.45) is 3.51. The monoisotopic (exact) mass is 270 g/mol. The smallest absolute Gasteiger partial charge is 0.161 e. The predicted octanol–water partition coefficient (Wildman–Crippen LogP) is 1.04. The van der Waals surface area contributed by atoms with Gasteiger partial charge in [0.25, 0.3) is 0 Å². The molecule has 0 aliphatic carbocycles. The molecule has 2 aromatic rings. The number of pyridine rings is 1. The van der Waals surface area contributed by atoms with Crippen molar-refractivity contribution in [3.63, 3.8) is 0 Å². The van der Waals surface area contributed by atoms with E-state index in [9.17, 15) is 0 Å². The summed E-state index contributed by atoms with van der Waals surface area (Å²) in [6.45, 7) is 5.82. The Balaban J connectivity index is 1.94. The van der Waals surface area contributed by atoms with Crippen LogP contribution in [0.5, 0.6) is 0 Å². The highest BCUT2D eigenvalue weighted by Gasteiger charge is 2.17. The molecule has 0 saturated carbocycles. The van der Waals surface area contributed by atoms with Crippen molar-refractivity contribution in [2.24, 2.45) is 0 Å². The highest BCUT2D eigenvalue weighted by atomic mass is 15.4. The van der Waals surface area contributed by atoms with Gasteiger partial charge < -0.3 is 5.32 Å². The molecule has 3 heterocycles. The molecule has 0 spiro atoms. The van der Waals surface area contributed by atoms with Gasteiger partial charge in [-0.05, 0) is 26.0 Å². The van der Waals surface area contributed by atoms with E-state index in [1.165, 1.54) is 0 Å². The molecule has 1 fully saturated rings. The normalized spacial score (nSPS) is 15.5. The minimum atomic E-state index is 0.341. The van der Waals surface area contributed by atoms with Crippen molar-refractivity contribution in [1.82, 2.24) is 25.8 Å². The van der Waals surface area contributed by atoms with Crippen molar-refractivity contribution >= 4 is 5.82 Å². The van der Waals surface area contributed by atoms with E-state index in [0.717, 1.165) is 41.6 Å². The van der Waals surface area contributed by atoms with Crippen LogP contribution in [0.25, 0.3) is 11.4 Å². The van der Waals surface area contributed by atoms with E-state index in [2.05, 4.69) is 31.1 Å². The molecule has 0 bridgehead atoms. The lowest BCUT2D eigenvalue weighted by Crippen LogP contribution is -2.26. The summed E-state index contributed by atoms with van der Waals surface area (Å²) < 4.78 is 0. The van der Waals surface area contributed by atoms with Crippen LogP contribution in [-0.4, -0.2) is 34.1 Å². The molecule has 2 aromatic heterocycles. The van der Waals surface area contributed by atoms with Gasteiger partial charge in [-0.15, -0.1) is 0 Å². The van der Waals surface area contributed by atoms with Crippen molar-refractivity contribution in [1.29, 1.82) is 0 Å². The van der Waals surface area contributed by atoms with Gasteiger partial charge in [0.2, 0.25) is 0 Å². The number of rotatable bonds is 3. The zero-order valence-electron chi connectivity index (χ0n) is 11.6. The highest BCUT2D eigenvalue weighted by Crippen LogP contribution is 2.21. The molecular formula is C14H18N6. The van der Waals surface area contributed by atoms with E-state index in [1.807, 2.05) is 26.0 Å². The van der Waals surface area contributed by atoms with Gasteiger partial charge in [0.1, 0.15) is 5.82 Å². The maximum absolute atomic E-state index is 4.66. The number of aromatic nitrogens is 3. The summed E-state index contributed by atoms with van der Waals surface area (Å²) in [5.41, 5.74) is 9.28. The van der Waals surface area contributed by atoms with Gasteiger partial charge in [-0.3, -0.25) is 15.8 Å². The van der Waals surface area contributed by atoms with Crippen molar-refractivity contribution in [3.05, 3.63) is 35.8 Å². The summed E-state index contributed by atoms with van der Waals surface area (Å²) in [7, 11) is 0. The highest BCUT2D eigenvalue weighted by molar-refractivity contribution is 5.59. The number of nitrogens with zero attached hydrogens (tertiary/aromatic N) is 3. The van der Waals surface area contributed by atoms with E-state index in [4.69, 9.17) is 0 Å². The van der Waals surface area contributed by atoms with Crippen LogP contribution in [0.1, 0.15) is 11.3 Å². The number of anilines is 1. The summed E-state index contributed by atoms with van der Waals surface area (Å²) in [5, 5.41) is 3.47. The topological polar surface area (TPSA) is 74.8 Å². The van der Waals surface area contributed by atoms with Crippen LogP contribution in [0, 0.1) is 13.8 Å². The first-order valence-corrected chi connectivity index (χ1v) is 6.72. The summed E-state index contributed by atoms with van der Waals surface area (Å²) in [5.74, 6) is 1.64. The summed E-state index contributed by atoms with van der Waals surface area (Å²) in [6, 6.07) is 4.19. The average Bonchev–Trinajstić information content (AvgIpc) is 2.97. The molecule has 104 valence electrons. The first kappa shape index (κ1) is 13.0. The van der Waals surface area contributed by atoms with Crippen molar-refractivity contribution in [3.8, 4) is 11.4 Å². The second-order valence-electron chi connectivity index (χ2n) is 4.95. The molecular weight excluding hydrogens is 252 g/mol. The molecule has 0 atom stereocenters. The second-order valence-corrected chi connectivity index (χ2v) is 4.95. The van der Waals surface area contributed by atoms with Crippen molar-refractivity contribution in [2.45, 2.75) is 19.9 Å². The van der Waals surface area contributed by atoms with E-state index < -0.39 is 0 Å². The molecule has 0 unspecified atom stereocenters. The first-order chi connectivity index (χ1) is 9.74. The predicted molar refractivity (Wildman–Crippen MR) is 78.2 cm³/mol. The molecule has 0 radical (unpaired) electrons. The summed E-state index contributed by atoms with van der Waals surface area (Å²) >= 11 is 0. The number of hydrogen-bond acceptors (Lipinski definition) is 6. The Bertz CT molecular complexity index is 592. The van der Waals surface area contributed by atoms with Gasteiger partial charge in [0.05, 0.1) is 6.04 Å². The number of aryl methyl sites for hydroxylation is 1. The minimum absolute atomic E-state index is 0.341.